The number of benzene rings is 1. The van der Waals surface area contributed by atoms with Crippen LogP contribution in [0.4, 0.5) is 0 Å². The highest BCUT2D eigenvalue weighted by Crippen LogP contribution is 2.27. The van der Waals surface area contributed by atoms with Crippen molar-refractivity contribution < 1.29 is 9.47 Å². The third-order valence-corrected chi connectivity index (χ3v) is 2.23. The van der Waals surface area contributed by atoms with E-state index in [0.717, 1.165) is 30.2 Å². The van der Waals surface area contributed by atoms with Gasteiger partial charge >= 0.3 is 0 Å². The summed E-state index contributed by atoms with van der Waals surface area (Å²) in [5.74, 6) is 1.51. The van der Waals surface area contributed by atoms with Crippen LogP contribution in [0.5, 0.6) is 11.5 Å². The van der Waals surface area contributed by atoms with Crippen molar-refractivity contribution in [2.24, 2.45) is 0 Å². The first-order valence-corrected chi connectivity index (χ1v) is 5.41. The number of ether oxygens (including phenoxy) is 2. The molecule has 0 saturated carbocycles. The minimum Gasteiger partial charge on any atom is -0.493 e. The molecule has 0 unspecified atom stereocenters. The van der Waals surface area contributed by atoms with Crippen LogP contribution in [0.2, 0.25) is 0 Å². The van der Waals surface area contributed by atoms with Gasteiger partial charge in [-0.15, -0.1) is 0 Å². The van der Waals surface area contributed by atoms with E-state index in [4.69, 9.17) is 9.47 Å². The molecule has 3 nitrogen and oxygen atoms in total. The summed E-state index contributed by atoms with van der Waals surface area (Å²) < 4.78 is 10.4. The molecule has 1 aromatic carbocycles. The zero-order valence-corrected chi connectivity index (χ0v) is 10.1. The van der Waals surface area contributed by atoms with Gasteiger partial charge in [-0.3, -0.25) is 0 Å². The summed E-state index contributed by atoms with van der Waals surface area (Å²) in [6.45, 7) is 3.95. The molecule has 0 aromatic heterocycles. The Morgan fingerprint density at radius 1 is 1.19 bits per heavy atom. The van der Waals surface area contributed by atoms with Crippen LogP contribution in [-0.4, -0.2) is 27.3 Å². The summed E-state index contributed by atoms with van der Waals surface area (Å²) in [7, 11) is 3.28. The van der Waals surface area contributed by atoms with Gasteiger partial charge in [0.1, 0.15) is 0 Å². The molecular weight excluding hydrogens is 202 g/mol. The van der Waals surface area contributed by atoms with Crippen molar-refractivity contribution in [3.05, 3.63) is 29.8 Å². The normalized spacial score (nSPS) is 10.7. The second kappa shape index (κ2) is 6.90. The van der Waals surface area contributed by atoms with Gasteiger partial charge < -0.3 is 14.8 Å². The minimum atomic E-state index is 0.756. The van der Waals surface area contributed by atoms with Gasteiger partial charge in [0.05, 0.1) is 14.2 Å². The molecule has 0 radical (unpaired) electrons. The molecule has 16 heavy (non-hydrogen) atoms. The van der Waals surface area contributed by atoms with Gasteiger partial charge in [0.25, 0.3) is 0 Å². The lowest BCUT2D eigenvalue weighted by Crippen LogP contribution is -2.11. The first-order valence-electron chi connectivity index (χ1n) is 5.41. The number of likely N-dealkylation sites (N-methyl/N-ethyl adjacent to an activating group) is 1. The predicted octanol–water partition coefficient (Wildman–Crippen LogP) is 2.33. The summed E-state index contributed by atoms with van der Waals surface area (Å²) in [6, 6.07) is 5.87. The molecular formula is C13H19NO2. The number of nitrogens with one attached hydrogen (secondary N) is 1. The predicted molar refractivity (Wildman–Crippen MR) is 67.1 cm³/mol. The van der Waals surface area contributed by atoms with Crippen molar-refractivity contribution in [1.82, 2.24) is 5.32 Å². The maximum atomic E-state index is 5.23. The van der Waals surface area contributed by atoms with Crippen LogP contribution in [0.25, 0.3) is 6.08 Å². The Bertz CT molecular complexity index is 348. The number of hydrogen-bond donors (Lipinski definition) is 1. The summed E-state index contributed by atoms with van der Waals surface area (Å²) in [6.07, 6.45) is 4.15. The van der Waals surface area contributed by atoms with Crippen molar-refractivity contribution in [3.8, 4) is 11.5 Å². The third kappa shape index (κ3) is 3.59. The van der Waals surface area contributed by atoms with Crippen LogP contribution in [0.3, 0.4) is 0 Å². The lowest BCUT2D eigenvalue weighted by atomic mass is 10.2. The standard InChI is InChI=1S/C13H19NO2/c1-4-14-9-5-6-11-7-8-12(15-2)13(10-11)16-3/h5-8,10,14H,4,9H2,1-3H3. The fourth-order valence-corrected chi connectivity index (χ4v) is 1.38. The maximum absolute atomic E-state index is 5.23. The number of rotatable bonds is 6. The van der Waals surface area contributed by atoms with Gasteiger partial charge in [-0.2, -0.15) is 0 Å². The fourth-order valence-electron chi connectivity index (χ4n) is 1.38. The van der Waals surface area contributed by atoms with Gasteiger partial charge in [0, 0.05) is 6.54 Å². The minimum absolute atomic E-state index is 0.756. The average molecular weight is 221 g/mol. The molecule has 0 atom stereocenters. The molecule has 1 aromatic rings. The van der Waals surface area contributed by atoms with E-state index in [1.165, 1.54) is 0 Å². The molecule has 1 N–H and O–H groups in total. The van der Waals surface area contributed by atoms with Crippen LogP contribution in [0, 0.1) is 0 Å². The zero-order valence-electron chi connectivity index (χ0n) is 10.1. The first-order chi connectivity index (χ1) is 7.81. The van der Waals surface area contributed by atoms with E-state index < -0.39 is 0 Å². The molecule has 0 spiro atoms. The second-order valence-corrected chi connectivity index (χ2v) is 3.32. The van der Waals surface area contributed by atoms with Crippen molar-refractivity contribution in [2.45, 2.75) is 6.92 Å². The molecule has 0 aliphatic rings. The smallest absolute Gasteiger partial charge is 0.161 e. The molecule has 1 rings (SSSR count). The topological polar surface area (TPSA) is 30.5 Å². The lowest BCUT2D eigenvalue weighted by molar-refractivity contribution is 0.355. The number of hydrogen-bond acceptors (Lipinski definition) is 3. The van der Waals surface area contributed by atoms with Crippen LogP contribution in [0.15, 0.2) is 24.3 Å². The summed E-state index contributed by atoms with van der Waals surface area (Å²) in [5.41, 5.74) is 1.11. The largest absolute Gasteiger partial charge is 0.493 e. The monoisotopic (exact) mass is 221 g/mol. The Labute approximate surface area is 97.1 Å². The van der Waals surface area contributed by atoms with Gasteiger partial charge in [-0.25, -0.2) is 0 Å². The highest BCUT2D eigenvalue weighted by Gasteiger charge is 2.01. The van der Waals surface area contributed by atoms with Gasteiger partial charge in [0.15, 0.2) is 11.5 Å². The second-order valence-electron chi connectivity index (χ2n) is 3.32. The van der Waals surface area contributed by atoms with E-state index >= 15 is 0 Å². The van der Waals surface area contributed by atoms with Gasteiger partial charge in [0.2, 0.25) is 0 Å². The number of methoxy groups -OCH3 is 2. The van der Waals surface area contributed by atoms with Crippen LogP contribution in [-0.2, 0) is 0 Å². The van der Waals surface area contributed by atoms with Gasteiger partial charge in [-0.1, -0.05) is 25.1 Å². The average Bonchev–Trinajstić information content (AvgIpc) is 2.34. The Kier molecular flexibility index (Phi) is 5.43. The molecule has 0 amide bonds. The summed E-state index contributed by atoms with van der Waals surface area (Å²) in [4.78, 5) is 0. The molecule has 3 heteroatoms. The lowest BCUT2D eigenvalue weighted by Gasteiger charge is -2.07. The Morgan fingerprint density at radius 3 is 2.56 bits per heavy atom. The molecule has 0 fully saturated rings. The van der Waals surface area contributed by atoms with E-state index in [2.05, 4.69) is 24.4 Å². The van der Waals surface area contributed by atoms with Crippen LogP contribution >= 0.6 is 0 Å². The third-order valence-electron chi connectivity index (χ3n) is 2.23. The van der Waals surface area contributed by atoms with Gasteiger partial charge in [-0.05, 0) is 24.2 Å². The molecule has 0 heterocycles. The van der Waals surface area contributed by atoms with E-state index in [9.17, 15) is 0 Å². The molecule has 0 bridgehead atoms. The molecule has 88 valence electrons. The molecule has 0 aliphatic heterocycles. The van der Waals surface area contributed by atoms with E-state index in [1.54, 1.807) is 14.2 Å². The van der Waals surface area contributed by atoms with Crippen molar-refractivity contribution >= 4 is 6.08 Å². The van der Waals surface area contributed by atoms with Crippen molar-refractivity contribution in [1.29, 1.82) is 0 Å². The zero-order chi connectivity index (χ0) is 11.8. The summed E-state index contributed by atoms with van der Waals surface area (Å²) >= 11 is 0. The van der Waals surface area contributed by atoms with Crippen molar-refractivity contribution in [2.75, 3.05) is 27.3 Å². The van der Waals surface area contributed by atoms with Crippen molar-refractivity contribution in [3.63, 3.8) is 0 Å². The molecule has 0 aliphatic carbocycles. The fraction of sp³-hybridized carbons (Fsp3) is 0.385. The first kappa shape index (κ1) is 12.6. The van der Waals surface area contributed by atoms with E-state index in [0.29, 0.717) is 0 Å². The quantitative estimate of drug-likeness (QED) is 0.748. The highest BCUT2D eigenvalue weighted by atomic mass is 16.5. The van der Waals surface area contributed by atoms with Crippen LogP contribution in [0.1, 0.15) is 12.5 Å². The summed E-state index contributed by atoms with van der Waals surface area (Å²) in [5, 5.41) is 3.23. The van der Waals surface area contributed by atoms with Crippen LogP contribution < -0.4 is 14.8 Å². The Balaban J connectivity index is 2.71. The maximum Gasteiger partial charge on any atom is 0.161 e. The SMILES string of the molecule is CCNCC=Cc1ccc(OC)c(OC)c1. The van der Waals surface area contributed by atoms with E-state index in [1.807, 2.05) is 18.2 Å². The van der Waals surface area contributed by atoms with E-state index in [-0.39, 0.29) is 0 Å². The molecule has 0 saturated heterocycles. The Hall–Kier alpha value is -1.48. The Morgan fingerprint density at radius 2 is 1.94 bits per heavy atom. The highest BCUT2D eigenvalue weighted by molar-refractivity contribution is 5.55.